The lowest BCUT2D eigenvalue weighted by Crippen LogP contribution is -1.88. The third-order valence-corrected chi connectivity index (χ3v) is 5.12. The molecule has 98 valence electrons. The van der Waals surface area contributed by atoms with Gasteiger partial charge in [-0.1, -0.05) is 22.9 Å². The number of thiazole rings is 1. The summed E-state index contributed by atoms with van der Waals surface area (Å²) in [5.41, 5.74) is 2.03. The molecule has 2 aromatic carbocycles. The Kier molecular flexibility index (Phi) is 2.88. The largest absolute Gasteiger partial charge is 0.332 e. The Bertz CT molecular complexity index is 910. The van der Waals surface area contributed by atoms with E-state index in [1.165, 1.54) is 10.1 Å². The SMILES string of the molecule is Clc1ccc2nc(Nc3ccc4sccc4c3)sc2c1. The summed E-state index contributed by atoms with van der Waals surface area (Å²) in [6.07, 6.45) is 0. The second-order valence-corrected chi connectivity index (χ2v) is 6.84. The minimum absolute atomic E-state index is 0.743. The van der Waals surface area contributed by atoms with Gasteiger partial charge in [0.2, 0.25) is 0 Å². The highest BCUT2D eigenvalue weighted by atomic mass is 35.5. The monoisotopic (exact) mass is 316 g/mol. The van der Waals surface area contributed by atoms with Crippen molar-refractivity contribution in [2.24, 2.45) is 0 Å². The van der Waals surface area contributed by atoms with E-state index in [-0.39, 0.29) is 0 Å². The fourth-order valence-electron chi connectivity index (χ4n) is 2.12. The standard InChI is InChI=1S/C15H9ClN2S2/c16-10-1-3-12-14(8-10)20-15(18-12)17-11-2-4-13-9(7-11)5-6-19-13/h1-8H,(H,17,18). The minimum atomic E-state index is 0.743. The Morgan fingerprint density at radius 3 is 2.90 bits per heavy atom. The van der Waals surface area contributed by atoms with Gasteiger partial charge in [-0.2, -0.15) is 0 Å². The molecule has 1 N–H and O–H groups in total. The van der Waals surface area contributed by atoms with E-state index in [0.717, 1.165) is 26.1 Å². The number of thiophene rings is 1. The van der Waals surface area contributed by atoms with Gasteiger partial charge in [-0.15, -0.1) is 11.3 Å². The highest BCUT2D eigenvalue weighted by Crippen LogP contribution is 2.31. The van der Waals surface area contributed by atoms with E-state index in [2.05, 4.69) is 39.9 Å². The van der Waals surface area contributed by atoms with Crippen LogP contribution < -0.4 is 5.32 Å². The van der Waals surface area contributed by atoms with Crippen molar-refractivity contribution >= 4 is 65.4 Å². The molecule has 0 aliphatic heterocycles. The zero-order chi connectivity index (χ0) is 13.5. The summed E-state index contributed by atoms with van der Waals surface area (Å²) in [5, 5.41) is 8.35. The smallest absolute Gasteiger partial charge is 0.188 e. The van der Waals surface area contributed by atoms with Gasteiger partial charge >= 0.3 is 0 Å². The number of hydrogen-bond acceptors (Lipinski definition) is 4. The van der Waals surface area contributed by atoms with Crippen molar-refractivity contribution in [3.63, 3.8) is 0 Å². The molecule has 0 radical (unpaired) electrons. The van der Waals surface area contributed by atoms with Gasteiger partial charge < -0.3 is 5.32 Å². The molecule has 0 atom stereocenters. The number of benzene rings is 2. The molecule has 0 saturated heterocycles. The lowest BCUT2D eigenvalue weighted by Gasteiger charge is -2.01. The van der Waals surface area contributed by atoms with E-state index in [4.69, 9.17) is 11.6 Å². The van der Waals surface area contributed by atoms with Crippen LogP contribution in [0.25, 0.3) is 20.3 Å². The van der Waals surface area contributed by atoms with Gasteiger partial charge in [-0.3, -0.25) is 0 Å². The number of rotatable bonds is 2. The third-order valence-electron chi connectivity index (χ3n) is 3.05. The predicted molar refractivity (Wildman–Crippen MR) is 89.7 cm³/mol. The maximum atomic E-state index is 6.00. The Morgan fingerprint density at radius 2 is 1.95 bits per heavy atom. The number of fused-ring (bicyclic) bond motifs is 2. The van der Waals surface area contributed by atoms with E-state index in [0.29, 0.717) is 0 Å². The molecule has 4 aromatic rings. The van der Waals surface area contributed by atoms with Crippen LogP contribution in [0.5, 0.6) is 0 Å². The maximum Gasteiger partial charge on any atom is 0.188 e. The fraction of sp³-hybridized carbons (Fsp3) is 0. The molecular formula is C15H9ClN2S2. The topological polar surface area (TPSA) is 24.9 Å². The number of hydrogen-bond donors (Lipinski definition) is 1. The first kappa shape index (κ1) is 12.1. The van der Waals surface area contributed by atoms with E-state index >= 15 is 0 Å². The van der Waals surface area contributed by atoms with Crippen molar-refractivity contribution in [1.29, 1.82) is 0 Å². The highest BCUT2D eigenvalue weighted by molar-refractivity contribution is 7.22. The summed E-state index contributed by atoms with van der Waals surface area (Å²) in [5.74, 6) is 0. The third kappa shape index (κ3) is 2.16. The number of halogens is 1. The zero-order valence-corrected chi connectivity index (χ0v) is 12.6. The van der Waals surface area contributed by atoms with Crippen LogP contribution in [0.1, 0.15) is 0 Å². The van der Waals surface area contributed by atoms with E-state index in [1.54, 1.807) is 22.7 Å². The molecule has 4 rings (SSSR count). The van der Waals surface area contributed by atoms with Gasteiger partial charge in [0.1, 0.15) is 0 Å². The second kappa shape index (κ2) is 4.74. The van der Waals surface area contributed by atoms with Crippen molar-refractivity contribution in [1.82, 2.24) is 4.98 Å². The van der Waals surface area contributed by atoms with Crippen molar-refractivity contribution < 1.29 is 0 Å². The van der Waals surface area contributed by atoms with Crippen molar-refractivity contribution in [3.8, 4) is 0 Å². The van der Waals surface area contributed by atoms with E-state index in [9.17, 15) is 0 Å². The molecule has 0 unspecified atom stereocenters. The Labute approximate surface area is 128 Å². The fourth-order valence-corrected chi connectivity index (χ4v) is 4.05. The Balaban J connectivity index is 1.72. The van der Waals surface area contributed by atoms with Gasteiger partial charge in [-0.05, 0) is 53.2 Å². The Hall–Kier alpha value is -1.62. The molecule has 2 heterocycles. The van der Waals surface area contributed by atoms with E-state index < -0.39 is 0 Å². The molecule has 0 aliphatic rings. The van der Waals surface area contributed by atoms with Crippen molar-refractivity contribution in [2.75, 3.05) is 5.32 Å². The quantitative estimate of drug-likeness (QED) is 0.497. The van der Waals surface area contributed by atoms with Gasteiger partial charge in [0.05, 0.1) is 10.2 Å². The van der Waals surface area contributed by atoms with Crippen LogP contribution in [0, 0.1) is 0 Å². The number of nitrogens with one attached hydrogen (secondary N) is 1. The van der Waals surface area contributed by atoms with Crippen LogP contribution in [-0.4, -0.2) is 4.98 Å². The van der Waals surface area contributed by atoms with Crippen LogP contribution in [0.15, 0.2) is 47.8 Å². The second-order valence-electron chi connectivity index (χ2n) is 4.43. The predicted octanol–water partition coefficient (Wildman–Crippen LogP) is 5.91. The summed E-state index contributed by atoms with van der Waals surface area (Å²) < 4.78 is 2.39. The van der Waals surface area contributed by atoms with Crippen LogP contribution in [-0.2, 0) is 0 Å². The average molecular weight is 317 g/mol. The van der Waals surface area contributed by atoms with Crippen LogP contribution in [0.3, 0.4) is 0 Å². The summed E-state index contributed by atoms with van der Waals surface area (Å²) in [6, 6.07) is 14.2. The lowest BCUT2D eigenvalue weighted by atomic mass is 10.2. The molecule has 20 heavy (non-hydrogen) atoms. The van der Waals surface area contributed by atoms with Gasteiger partial charge in [0, 0.05) is 15.4 Å². The maximum absolute atomic E-state index is 6.00. The molecule has 0 fully saturated rings. The van der Waals surface area contributed by atoms with Gasteiger partial charge in [-0.25, -0.2) is 4.98 Å². The summed E-state index contributed by atoms with van der Waals surface area (Å²) >= 11 is 9.36. The van der Waals surface area contributed by atoms with Crippen LogP contribution in [0.4, 0.5) is 10.8 Å². The summed E-state index contributed by atoms with van der Waals surface area (Å²) in [4.78, 5) is 4.57. The number of nitrogens with zero attached hydrogens (tertiary/aromatic N) is 1. The summed E-state index contributed by atoms with van der Waals surface area (Å²) in [6.45, 7) is 0. The number of aromatic nitrogens is 1. The molecule has 0 saturated carbocycles. The molecule has 0 bridgehead atoms. The first-order valence-electron chi connectivity index (χ1n) is 6.08. The van der Waals surface area contributed by atoms with Crippen LogP contribution in [0.2, 0.25) is 5.02 Å². The first-order chi connectivity index (χ1) is 9.78. The Morgan fingerprint density at radius 1 is 1.00 bits per heavy atom. The first-order valence-corrected chi connectivity index (χ1v) is 8.16. The average Bonchev–Trinajstić information content (AvgIpc) is 3.03. The van der Waals surface area contributed by atoms with E-state index in [1.807, 2.05) is 18.2 Å². The van der Waals surface area contributed by atoms with Gasteiger partial charge in [0.15, 0.2) is 5.13 Å². The lowest BCUT2D eigenvalue weighted by molar-refractivity contribution is 1.45. The van der Waals surface area contributed by atoms with Gasteiger partial charge in [0.25, 0.3) is 0 Å². The van der Waals surface area contributed by atoms with Crippen LogP contribution >= 0.6 is 34.3 Å². The minimum Gasteiger partial charge on any atom is -0.332 e. The van der Waals surface area contributed by atoms with Crippen molar-refractivity contribution in [3.05, 3.63) is 52.9 Å². The molecule has 0 amide bonds. The molecular weight excluding hydrogens is 308 g/mol. The molecule has 0 aliphatic carbocycles. The molecule has 2 nitrogen and oxygen atoms in total. The highest BCUT2D eigenvalue weighted by Gasteiger charge is 2.05. The molecule has 2 aromatic heterocycles. The van der Waals surface area contributed by atoms with Crippen molar-refractivity contribution in [2.45, 2.75) is 0 Å². The molecule has 0 spiro atoms. The number of anilines is 2. The summed E-state index contributed by atoms with van der Waals surface area (Å²) in [7, 11) is 0. The molecule has 5 heteroatoms. The zero-order valence-electron chi connectivity index (χ0n) is 10.3. The normalized spacial score (nSPS) is 11.2.